The smallest absolute Gasteiger partial charge is 0.222 e. The van der Waals surface area contributed by atoms with Gasteiger partial charge in [-0.25, -0.2) is 15.0 Å². The molecule has 9 heteroatoms. The molecule has 1 saturated heterocycles. The van der Waals surface area contributed by atoms with Gasteiger partial charge in [-0.2, -0.15) is 5.26 Å². The molecule has 1 aromatic carbocycles. The van der Waals surface area contributed by atoms with Crippen molar-refractivity contribution in [3.05, 3.63) is 47.7 Å². The Morgan fingerprint density at radius 2 is 2.19 bits per heavy atom. The highest BCUT2D eigenvalue weighted by Gasteiger charge is 2.23. The summed E-state index contributed by atoms with van der Waals surface area (Å²) in [6.45, 7) is 2.72. The first-order valence-electron chi connectivity index (χ1n) is 10.1. The standard InChI is InChI=1S/C22H23N7O2/c1-14(30)26-21-5-3-17(12-25-21)27-22-24-8-6-19(28-22)15-2-4-20(16(10-15)11-23)29-9-7-18(31)13-29/h2-5,8,10,12,18-19,31H,6-7,9,13H2,1H3,(H,27,28)(H,25,26,30). The van der Waals surface area contributed by atoms with E-state index in [0.717, 1.165) is 17.8 Å². The minimum Gasteiger partial charge on any atom is -0.391 e. The van der Waals surface area contributed by atoms with Gasteiger partial charge in [-0.05, 0) is 36.2 Å². The molecule has 0 radical (unpaired) electrons. The summed E-state index contributed by atoms with van der Waals surface area (Å²) in [6.07, 6.45) is 4.40. The van der Waals surface area contributed by atoms with Gasteiger partial charge in [-0.1, -0.05) is 6.07 Å². The van der Waals surface area contributed by atoms with Crippen LogP contribution in [0.3, 0.4) is 0 Å². The maximum atomic E-state index is 11.1. The molecule has 1 aromatic heterocycles. The van der Waals surface area contributed by atoms with E-state index >= 15 is 0 Å². The fourth-order valence-electron chi connectivity index (χ4n) is 3.69. The highest BCUT2D eigenvalue weighted by molar-refractivity contribution is 5.99. The molecule has 158 valence electrons. The first-order chi connectivity index (χ1) is 15.0. The van der Waals surface area contributed by atoms with Crippen molar-refractivity contribution in [3.63, 3.8) is 0 Å². The Bertz CT molecular complexity index is 1070. The number of aliphatic hydroxyl groups is 1. The molecule has 0 aliphatic carbocycles. The molecule has 2 aliphatic heterocycles. The number of aliphatic hydroxyl groups excluding tert-OH is 1. The average molecular weight is 417 g/mol. The molecular weight excluding hydrogens is 394 g/mol. The minimum atomic E-state index is -0.346. The lowest BCUT2D eigenvalue weighted by Gasteiger charge is -2.22. The second-order valence-corrected chi connectivity index (χ2v) is 7.53. The molecule has 0 bridgehead atoms. The largest absolute Gasteiger partial charge is 0.391 e. The number of pyridine rings is 1. The molecule has 4 rings (SSSR count). The second-order valence-electron chi connectivity index (χ2n) is 7.53. The van der Waals surface area contributed by atoms with E-state index < -0.39 is 0 Å². The van der Waals surface area contributed by atoms with E-state index in [1.165, 1.54) is 6.92 Å². The van der Waals surface area contributed by atoms with E-state index in [2.05, 4.69) is 31.7 Å². The summed E-state index contributed by atoms with van der Waals surface area (Å²) >= 11 is 0. The monoisotopic (exact) mass is 417 g/mol. The van der Waals surface area contributed by atoms with Crippen LogP contribution >= 0.6 is 0 Å². The number of hydrogen-bond donors (Lipinski definition) is 3. The molecule has 2 atom stereocenters. The predicted molar refractivity (Wildman–Crippen MR) is 119 cm³/mol. The van der Waals surface area contributed by atoms with Crippen LogP contribution in [0.1, 0.15) is 36.9 Å². The molecule has 9 nitrogen and oxygen atoms in total. The third-order valence-corrected chi connectivity index (χ3v) is 5.17. The number of anilines is 3. The van der Waals surface area contributed by atoms with E-state index in [4.69, 9.17) is 0 Å². The highest BCUT2D eigenvalue weighted by Crippen LogP contribution is 2.30. The lowest BCUT2D eigenvalue weighted by molar-refractivity contribution is -0.114. The van der Waals surface area contributed by atoms with Crippen molar-refractivity contribution in [2.75, 3.05) is 28.6 Å². The topological polar surface area (TPSA) is 126 Å². The van der Waals surface area contributed by atoms with Crippen molar-refractivity contribution in [3.8, 4) is 6.07 Å². The first kappa shape index (κ1) is 20.5. The van der Waals surface area contributed by atoms with Gasteiger partial charge in [0.05, 0.1) is 35.3 Å². The Morgan fingerprint density at radius 1 is 1.32 bits per heavy atom. The number of amides is 1. The van der Waals surface area contributed by atoms with E-state index in [1.807, 2.05) is 23.1 Å². The Kier molecular flexibility index (Phi) is 5.91. The number of nitriles is 1. The van der Waals surface area contributed by atoms with Gasteiger partial charge in [0.1, 0.15) is 11.9 Å². The molecule has 2 aliphatic rings. The zero-order valence-corrected chi connectivity index (χ0v) is 17.1. The summed E-state index contributed by atoms with van der Waals surface area (Å²) in [5.41, 5.74) is 3.06. The Hall–Kier alpha value is -3.77. The van der Waals surface area contributed by atoms with Gasteiger partial charge in [-0.3, -0.25) is 4.79 Å². The zero-order valence-electron chi connectivity index (χ0n) is 17.1. The number of benzene rings is 1. The fourth-order valence-corrected chi connectivity index (χ4v) is 3.69. The summed E-state index contributed by atoms with van der Waals surface area (Å²) in [7, 11) is 0. The van der Waals surface area contributed by atoms with Gasteiger partial charge in [0.2, 0.25) is 11.9 Å². The number of hydrogen-bond acceptors (Lipinski definition) is 8. The molecule has 1 amide bonds. The van der Waals surface area contributed by atoms with Crippen LogP contribution in [0, 0.1) is 11.3 Å². The fraction of sp³-hybridized carbons (Fsp3) is 0.318. The molecular formula is C22H23N7O2. The average Bonchev–Trinajstić information content (AvgIpc) is 3.20. The summed E-state index contributed by atoms with van der Waals surface area (Å²) in [5.74, 6) is 0.746. The van der Waals surface area contributed by atoms with Crippen molar-refractivity contribution in [1.29, 1.82) is 5.26 Å². The number of rotatable bonds is 4. The van der Waals surface area contributed by atoms with Gasteiger partial charge in [0, 0.05) is 32.6 Å². The molecule has 2 unspecified atom stereocenters. The van der Waals surface area contributed by atoms with E-state index in [1.54, 1.807) is 24.5 Å². The van der Waals surface area contributed by atoms with Crippen molar-refractivity contribution < 1.29 is 9.90 Å². The van der Waals surface area contributed by atoms with Gasteiger partial charge in [0.15, 0.2) is 0 Å². The number of aliphatic imine (C=N–C) groups is 2. The number of aromatic nitrogens is 1. The quantitative estimate of drug-likeness (QED) is 0.702. The van der Waals surface area contributed by atoms with Gasteiger partial charge in [0.25, 0.3) is 0 Å². The first-order valence-corrected chi connectivity index (χ1v) is 10.1. The molecule has 0 saturated carbocycles. The highest BCUT2D eigenvalue weighted by atomic mass is 16.3. The second kappa shape index (κ2) is 8.93. The third-order valence-electron chi connectivity index (χ3n) is 5.17. The summed E-state index contributed by atoms with van der Waals surface area (Å²) in [5, 5.41) is 25.2. The van der Waals surface area contributed by atoms with Crippen molar-refractivity contribution in [1.82, 2.24) is 4.98 Å². The van der Waals surface area contributed by atoms with Gasteiger partial charge in [-0.15, -0.1) is 0 Å². The summed E-state index contributed by atoms with van der Waals surface area (Å²) in [6, 6.07) is 11.4. The number of guanidine groups is 1. The van der Waals surface area contributed by atoms with E-state index in [-0.39, 0.29) is 18.1 Å². The molecule has 31 heavy (non-hydrogen) atoms. The van der Waals surface area contributed by atoms with Crippen LogP contribution in [-0.4, -0.2) is 47.4 Å². The maximum Gasteiger partial charge on any atom is 0.222 e. The number of nitrogens with one attached hydrogen (secondary N) is 2. The predicted octanol–water partition coefficient (Wildman–Crippen LogP) is 2.47. The lowest BCUT2D eigenvalue weighted by Crippen LogP contribution is -2.22. The van der Waals surface area contributed by atoms with Crippen LogP contribution in [-0.2, 0) is 4.79 Å². The molecule has 3 heterocycles. The lowest BCUT2D eigenvalue weighted by atomic mass is 10.0. The summed E-state index contributed by atoms with van der Waals surface area (Å²) < 4.78 is 0. The third kappa shape index (κ3) is 4.87. The van der Waals surface area contributed by atoms with Gasteiger partial charge >= 0.3 is 0 Å². The Balaban J connectivity index is 1.49. The van der Waals surface area contributed by atoms with Crippen molar-refractivity contribution in [2.45, 2.75) is 31.9 Å². The Labute approximate surface area is 180 Å². The number of nitrogens with zero attached hydrogens (tertiary/aromatic N) is 5. The summed E-state index contributed by atoms with van der Waals surface area (Å²) in [4.78, 5) is 26.3. The molecule has 3 N–H and O–H groups in total. The van der Waals surface area contributed by atoms with Crippen LogP contribution in [0.25, 0.3) is 0 Å². The van der Waals surface area contributed by atoms with E-state index in [0.29, 0.717) is 42.4 Å². The Morgan fingerprint density at radius 3 is 2.87 bits per heavy atom. The molecule has 2 aromatic rings. The van der Waals surface area contributed by atoms with Crippen LogP contribution < -0.4 is 15.5 Å². The molecule has 1 fully saturated rings. The van der Waals surface area contributed by atoms with Crippen molar-refractivity contribution in [2.24, 2.45) is 9.98 Å². The van der Waals surface area contributed by atoms with Crippen LogP contribution in [0.4, 0.5) is 17.2 Å². The normalized spacial score (nSPS) is 20.2. The SMILES string of the molecule is CC(=O)Nc1ccc(NC2=NC(c3ccc(N4CCC(O)C4)c(C#N)c3)CC=N2)cn1. The number of carbonyl (C=O) groups excluding carboxylic acids is 1. The van der Waals surface area contributed by atoms with E-state index in [9.17, 15) is 15.2 Å². The molecule has 0 spiro atoms. The minimum absolute atomic E-state index is 0.156. The maximum absolute atomic E-state index is 11.1. The van der Waals surface area contributed by atoms with Crippen LogP contribution in [0.5, 0.6) is 0 Å². The number of carbonyl (C=O) groups is 1. The number of β-amino-alcohol motifs (C(OH)–C–C–N with tert-alkyl or cyclic N) is 1. The van der Waals surface area contributed by atoms with Crippen LogP contribution in [0.2, 0.25) is 0 Å². The van der Waals surface area contributed by atoms with Crippen LogP contribution in [0.15, 0.2) is 46.5 Å². The van der Waals surface area contributed by atoms with Crippen molar-refractivity contribution >= 4 is 35.3 Å². The zero-order chi connectivity index (χ0) is 21.8. The van der Waals surface area contributed by atoms with Gasteiger partial charge < -0.3 is 20.6 Å².